The third kappa shape index (κ3) is 5.97. The van der Waals surface area contributed by atoms with Crippen molar-refractivity contribution in [3.8, 4) is 5.75 Å². The van der Waals surface area contributed by atoms with Gasteiger partial charge in [-0.05, 0) is 55.5 Å². The Labute approximate surface area is 269 Å². The second kappa shape index (κ2) is 13.1. The van der Waals surface area contributed by atoms with Crippen LogP contribution in [0.5, 0.6) is 5.75 Å². The number of hydrogen-bond acceptors (Lipinski definition) is 9. The Balaban J connectivity index is 1.60. The zero-order valence-corrected chi connectivity index (χ0v) is 26.7. The van der Waals surface area contributed by atoms with Crippen molar-refractivity contribution in [1.29, 1.82) is 0 Å². The van der Waals surface area contributed by atoms with Gasteiger partial charge in [0.25, 0.3) is 11.2 Å². The molecule has 0 aliphatic carbocycles. The number of thiazole rings is 1. The van der Waals surface area contributed by atoms with Crippen molar-refractivity contribution in [1.82, 2.24) is 4.57 Å². The SMILES string of the molecule is CCOC(=O)C1=C(c2ccccc2)N=c2s/c(=C/c3cc([N+](=O)[O-])ccc3N3CCC(C)CC3)c(=O)n2[C@H]1c1ccc(OC)cc1. The summed E-state index contributed by atoms with van der Waals surface area (Å²) in [5.74, 6) is 0.665. The molecule has 0 bridgehead atoms. The predicted molar refractivity (Wildman–Crippen MR) is 178 cm³/mol. The molecule has 1 saturated heterocycles. The van der Waals surface area contributed by atoms with Gasteiger partial charge in [-0.2, -0.15) is 0 Å². The van der Waals surface area contributed by atoms with Crippen molar-refractivity contribution < 1.29 is 19.2 Å². The summed E-state index contributed by atoms with van der Waals surface area (Å²) >= 11 is 1.19. The number of hydrogen-bond donors (Lipinski definition) is 0. The van der Waals surface area contributed by atoms with E-state index in [0.29, 0.717) is 43.4 Å². The van der Waals surface area contributed by atoms with Crippen LogP contribution >= 0.6 is 11.3 Å². The number of rotatable bonds is 8. The number of non-ortho nitro benzene ring substituents is 1. The topological polar surface area (TPSA) is 116 Å². The van der Waals surface area contributed by atoms with Crippen molar-refractivity contribution >= 4 is 40.5 Å². The van der Waals surface area contributed by atoms with Crippen LogP contribution in [-0.2, 0) is 9.53 Å². The summed E-state index contributed by atoms with van der Waals surface area (Å²) in [6.07, 6.45) is 3.74. The van der Waals surface area contributed by atoms with Gasteiger partial charge in [0, 0.05) is 42.0 Å². The molecule has 2 aliphatic heterocycles. The standard InChI is InChI=1S/C35H34N4O6S/c1-4-45-34(41)30-31(23-8-6-5-7-9-23)36-35-38(32(30)24-10-13-27(44-3)14-11-24)33(40)29(46-35)21-25-20-26(39(42)43)12-15-28(25)37-18-16-22(2)17-19-37/h5-15,20-22,32H,4,16-19H2,1-3H3/b29-21+/t32-/m0/s1. The fourth-order valence-corrected chi connectivity index (χ4v) is 6.98. The van der Waals surface area contributed by atoms with E-state index in [1.54, 1.807) is 38.3 Å². The molecule has 1 fully saturated rings. The molecule has 3 heterocycles. The van der Waals surface area contributed by atoms with E-state index in [2.05, 4.69) is 11.8 Å². The summed E-state index contributed by atoms with van der Waals surface area (Å²) in [6.45, 7) is 5.75. The number of piperidine rings is 1. The van der Waals surface area contributed by atoms with Crippen LogP contribution < -0.4 is 24.5 Å². The number of fused-ring (bicyclic) bond motifs is 1. The lowest BCUT2D eigenvalue weighted by Gasteiger charge is -2.33. The maximum Gasteiger partial charge on any atom is 0.338 e. The van der Waals surface area contributed by atoms with Gasteiger partial charge in [0.1, 0.15) is 5.75 Å². The number of benzene rings is 3. The van der Waals surface area contributed by atoms with Gasteiger partial charge in [-0.15, -0.1) is 0 Å². The molecular formula is C35H34N4O6S. The molecule has 0 amide bonds. The fraction of sp³-hybridized carbons (Fsp3) is 0.286. The normalized spacial score (nSPS) is 17.0. The third-order valence-electron chi connectivity index (χ3n) is 8.44. The molecule has 0 radical (unpaired) electrons. The molecule has 11 heteroatoms. The average Bonchev–Trinajstić information content (AvgIpc) is 3.38. The van der Waals surface area contributed by atoms with Crippen LogP contribution in [0.2, 0.25) is 0 Å². The number of ether oxygens (including phenoxy) is 2. The van der Waals surface area contributed by atoms with Gasteiger partial charge in [0.15, 0.2) is 4.80 Å². The van der Waals surface area contributed by atoms with E-state index in [4.69, 9.17) is 14.5 Å². The molecule has 1 atom stereocenters. The molecule has 0 unspecified atom stereocenters. The maximum atomic E-state index is 14.4. The molecular weight excluding hydrogens is 604 g/mol. The summed E-state index contributed by atoms with van der Waals surface area (Å²) in [6, 6.07) is 20.5. The van der Waals surface area contributed by atoms with E-state index in [9.17, 15) is 19.7 Å². The summed E-state index contributed by atoms with van der Waals surface area (Å²) in [5, 5.41) is 11.8. The Kier molecular flexibility index (Phi) is 8.85. The second-order valence-corrected chi connectivity index (χ2v) is 12.4. The van der Waals surface area contributed by atoms with Crippen molar-refractivity contribution in [2.75, 3.05) is 31.7 Å². The van der Waals surface area contributed by atoms with E-state index in [1.165, 1.54) is 28.0 Å². The van der Waals surface area contributed by atoms with E-state index in [-0.39, 0.29) is 23.4 Å². The van der Waals surface area contributed by atoms with E-state index >= 15 is 0 Å². The van der Waals surface area contributed by atoms with Crippen LogP contribution in [0.15, 0.2) is 88.2 Å². The highest BCUT2D eigenvalue weighted by Gasteiger charge is 2.35. The van der Waals surface area contributed by atoms with Gasteiger partial charge in [-0.3, -0.25) is 19.5 Å². The first kappa shape index (κ1) is 31.0. The molecule has 4 aromatic rings. The van der Waals surface area contributed by atoms with Crippen molar-refractivity contribution in [2.45, 2.75) is 32.7 Å². The number of nitrogens with zero attached hydrogens (tertiary/aromatic N) is 4. The number of nitro groups is 1. The number of methoxy groups -OCH3 is 1. The maximum absolute atomic E-state index is 14.4. The molecule has 3 aromatic carbocycles. The van der Waals surface area contributed by atoms with Gasteiger partial charge in [0.2, 0.25) is 0 Å². The third-order valence-corrected chi connectivity index (χ3v) is 9.42. The van der Waals surface area contributed by atoms with Gasteiger partial charge < -0.3 is 14.4 Å². The van der Waals surface area contributed by atoms with Crippen LogP contribution in [0.25, 0.3) is 11.8 Å². The van der Waals surface area contributed by atoms with E-state index in [1.807, 2.05) is 42.5 Å². The molecule has 236 valence electrons. The zero-order valence-electron chi connectivity index (χ0n) is 25.8. The minimum Gasteiger partial charge on any atom is -0.497 e. The highest BCUT2D eigenvalue weighted by molar-refractivity contribution is 7.07. The molecule has 1 aromatic heterocycles. The smallest absolute Gasteiger partial charge is 0.338 e. The Morgan fingerprint density at radius 3 is 2.46 bits per heavy atom. The van der Waals surface area contributed by atoms with Crippen molar-refractivity contribution in [3.63, 3.8) is 0 Å². The van der Waals surface area contributed by atoms with Gasteiger partial charge in [-0.25, -0.2) is 9.79 Å². The lowest BCUT2D eigenvalue weighted by molar-refractivity contribution is -0.384. The van der Waals surface area contributed by atoms with Crippen LogP contribution in [0, 0.1) is 16.0 Å². The summed E-state index contributed by atoms with van der Waals surface area (Å²) in [7, 11) is 1.57. The Morgan fingerprint density at radius 1 is 1.09 bits per heavy atom. The monoisotopic (exact) mass is 638 g/mol. The quantitative estimate of drug-likeness (QED) is 0.150. The Bertz CT molecular complexity index is 1990. The number of esters is 1. The predicted octanol–water partition coefficient (Wildman–Crippen LogP) is 5.09. The number of aromatic nitrogens is 1. The van der Waals surface area contributed by atoms with Gasteiger partial charge >= 0.3 is 5.97 Å². The highest BCUT2D eigenvalue weighted by Crippen LogP contribution is 2.36. The largest absolute Gasteiger partial charge is 0.497 e. The minimum atomic E-state index is -0.841. The summed E-state index contributed by atoms with van der Waals surface area (Å²) < 4.78 is 12.8. The molecule has 10 nitrogen and oxygen atoms in total. The van der Waals surface area contributed by atoms with Crippen molar-refractivity contribution in [2.24, 2.45) is 10.9 Å². The molecule has 6 rings (SSSR count). The van der Waals surface area contributed by atoms with Crippen LogP contribution in [-0.4, -0.2) is 42.3 Å². The number of nitro benzene ring substituents is 1. The first-order valence-electron chi connectivity index (χ1n) is 15.2. The Morgan fingerprint density at radius 2 is 1.80 bits per heavy atom. The molecule has 0 N–H and O–H groups in total. The van der Waals surface area contributed by atoms with Crippen molar-refractivity contribution in [3.05, 3.63) is 125 Å². The lowest BCUT2D eigenvalue weighted by atomic mass is 9.93. The van der Waals surface area contributed by atoms with E-state index in [0.717, 1.165) is 31.6 Å². The minimum absolute atomic E-state index is 0.0553. The van der Waals surface area contributed by atoms with Gasteiger partial charge in [0.05, 0.1) is 40.5 Å². The highest BCUT2D eigenvalue weighted by atomic mass is 32.1. The first-order valence-corrected chi connectivity index (χ1v) is 16.1. The first-order chi connectivity index (χ1) is 22.3. The average molecular weight is 639 g/mol. The molecule has 46 heavy (non-hydrogen) atoms. The van der Waals surface area contributed by atoms with Crippen LogP contribution in [0.4, 0.5) is 11.4 Å². The molecule has 0 saturated carbocycles. The molecule has 2 aliphatic rings. The number of carbonyl (C=O) groups excluding carboxylic acids is 1. The van der Waals surface area contributed by atoms with Crippen LogP contribution in [0.1, 0.15) is 49.4 Å². The molecule has 0 spiro atoms. The Hall–Kier alpha value is -5.03. The number of anilines is 1. The lowest BCUT2D eigenvalue weighted by Crippen LogP contribution is -2.40. The van der Waals surface area contributed by atoms with Crippen LogP contribution in [0.3, 0.4) is 0 Å². The fourth-order valence-electron chi connectivity index (χ4n) is 5.99. The van der Waals surface area contributed by atoms with Gasteiger partial charge in [-0.1, -0.05) is 60.7 Å². The number of carbonyl (C=O) groups is 1. The zero-order chi connectivity index (χ0) is 32.4. The summed E-state index contributed by atoms with van der Waals surface area (Å²) in [4.78, 5) is 46.9. The van der Waals surface area contributed by atoms with E-state index < -0.39 is 16.9 Å². The second-order valence-electron chi connectivity index (χ2n) is 11.4. The summed E-state index contributed by atoms with van der Waals surface area (Å²) in [5.41, 5.74) is 3.07.